The lowest BCUT2D eigenvalue weighted by molar-refractivity contribution is 0.0199. The number of carbonyl (C=O) groups excluding carboxylic acids is 2. The van der Waals surface area contributed by atoms with E-state index in [0.29, 0.717) is 25.9 Å². The summed E-state index contributed by atoms with van der Waals surface area (Å²) >= 11 is 0. The summed E-state index contributed by atoms with van der Waals surface area (Å²) in [5, 5.41) is 2.92. The van der Waals surface area contributed by atoms with Gasteiger partial charge in [-0.3, -0.25) is 4.79 Å². The van der Waals surface area contributed by atoms with Gasteiger partial charge in [-0.05, 0) is 51.8 Å². The molecular formula is C20H31N3O6S. The molecule has 1 aromatic carbocycles. The molecule has 0 radical (unpaired) electrons. The Bertz CT molecular complexity index is 884. The van der Waals surface area contributed by atoms with E-state index < -0.39 is 15.6 Å². The van der Waals surface area contributed by atoms with E-state index in [1.807, 2.05) is 20.8 Å². The van der Waals surface area contributed by atoms with Crippen molar-refractivity contribution < 1.29 is 27.5 Å². The minimum absolute atomic E-state index is 0.0672. The van der Waals surface area contributed by atoms with Gasteiger partial charge in [0.05, 0.1) is 7.11 Å². The summed E-state index contributed by atoms with van der Waals surface area (Å²) in [6, 6.07) is 4.20. The highest BCUT2D eigenvalue weighted by molar-refractivity contribution is 7.89. The van der Waals surface area contributed by atoms with Crippen LogP contribution in [0, 0.1) is 0 Å². The van der Waals surface area contributed by atoms with Crippen LogP contribution in [-0.4, -0.2) is 75.6 Å². The monoisotopic (exact) mass is 441 g/mol. The first-order chi connectivity index (χ1) is 13.8. The van der Waals surface area contributed by atoms with Crippen LogP contribution in [0.15, 0.2) is 23.1 Å². The third kappa shape index (κ3) is 5.85. The largest absolute Gasteiger partial charge is 0.495 e. The minimum atomic E-state index is -3.77. The zero-order valence-electron chi connectivity index (χ0n) is 18.4. The van der Waals surface area contributed by atoms with Gasteiger partial charge in [0.25, 0.3) is 5.91 Å². The smallest absolute Gasteiger partial charge is 0.410 e. The highest BCUT2D eigenvalue weighted by Gasteiger charge is 2.28. The van der Waals surface area contributed by atoms with Gasteiger partial charge in [0.15, 0.2) is 0 Å². The molecule has 1 aromatic rings. The predicted molar refractivity (Wildman–Crippen MR) is 112 cm³/mol. The molecule has 0 aliphatic carbocycles. The normalized spacial score (nSPS) is 15.8. The van der Waals surface area contributed by atoms with Crippen LogP contribution in [0.2, 0.25) is 0 Å². The van der Waals surface area contributed by atoms with Crippen molar-refractivity contribution in [1.82, 2.24) is 14.5 Å². The average molecular weight is 442 g/mol. The number of sulfonamides is 1. The summed E-state index contributed by atoms with van der Waals surface area (Å²) in [6.45, 7) is 6.40. The molecule has 0 unspecified atom stereocenters. The minimum Gasteiger partial charge on any atom is -0.495 e. The molecule has 1 aliphatic heterocycles. The van der Waals surface area contributed by atoms with Gasteiger partial charge in [-0.15, -0.1) is 0 Å². The second kappa shape index (κ2) is 9.22. The molecule has 30 heavy (non-hydrogen) atoms. The first-order valence-corrected chi connectivity index (χ1v) is 11.2. The second-order valence-electron chi connectivity index (χ2n) is 8.37. The maximum absolute atomic E-state index is 12.7. The van der Waals surface area contributed by atoms with Gasteiger partial charge < -0.3 is 19.7 Å². The third-order valence-electron chi connectivity index (χ3n) is 4.67. The molecule has 2 rings (SSSR count). The van der Waals surface area contributed by atoms with Gasteiger partial charge in [0.2, 0.25) is 10.0 Å². The van der Waals surface area contributed by atoms with Crippen molar-refractivity contribution >= 4 is 22.0 Å². The molecule has 1 saturated heterocycles. The number of rotatable bonds is 5. The number of benzene rings is 1. The fraction of sp³-hybridized carbons (Fsp3) is 0.600. The Labute approximate surface area is 178 Å². The molecule has 0 atom stereocenters. The van der Waals surface area contributed by atoms with E-state index in [-0.39, 0.29) is 34.3 Å². The van der Waals surface area contributed by atoms with Gasteiger partial charge in [0.1, 0.15) is 16.2 Å². The third-order valence-corrected chi connectivity index (χ3v) is 6.50. The van der Waals surface area contributed by atoms with Gasteiger partial charge in [-0.2, -0.15) is 0 Å². The Morgan fingerprint density at radius 1 is 1.17 bits per heavy atom. The van der Waals surface area contributed by atoms with Crippen molar-refractivity contribution in [3.8, 4) is 5.75 Å². The van der Waals surface area contributed by atoms with Crippen molar-refractivity contribution in [2.45, 2.75) is 50.2 Å². The lowest BCUT2D eigenvalue weighted by Crippen LogP contribution is -2.47. The van der Waals surface area contributed by atoms with Crippen molar-refractivity contribution in [1.29, 1.82) is 0 Å². The van der Waals surface area contributed by atoms with Gasteiger partial charge >= 0.3 is 6.09 Å². The lowest BCUT2D eigenvalue weighted by atomic mass is 10.0. The lowest BCUT2D eigenvalue weighted by Gasteiger charge is -2.33. The first-order valence-electron chi connectivity index (χ1n) is 9.74. The maximum Gasteiger partial charge on any atom is 0.410 e. The van der Waals surface area contributed by atoms with E-state index in [2.05, 4.69) is 5.32 Å². The number of likely N-dealkylation sites (tertiary alicyclic amines) is 1. The molecule has 0 bridgehead atoms. The van der Waals surface area contributed by atoms with Crippen LogP contribution in [0.3, 0.4) is 0 Å². The van der Waals surface area contributed by atoms with Crippen LogP contribution >= 0.6 is 0 Å². The zero-order chi connectivity index (χ0) is 22.7. The molecule has 1 fully saturated rings. The van der Waals surface area contributed by atoms with E-state index in [1.165, 1.54) is 39.4 Å². The summed E-state index contributed by atoms with van der Waals surface area (Å²) in [4.78, 5) is 26.4. The quantitative estimate of drug-likeness (QED) is 0.750. The van der Waals surface area contributed by atoms with E-state index in [1.54, 1.807) is 4.90 Å². The van der Waals surface area contributed by atoms with Gasteiger partial charge in [0, 0.05) is 38.8 Å². The van der Waals surface area contributed by atoms with Crippen LogP contribution in [0.25, 0.3) is 0 Å². The van der Waals surface area contributed by atoms with Crippen LogP contribution in [-0.2, 0) is 14.8 Å². The van der Waals surface area contributed by atoms with Crippen LogP contribution in [0.4, 0.5) is 4.79 Å². The molecule has 0 aromatic heterocycles. The average Bonchev–Trinajstić information content (AvgIpc) is 2.66. The van der Waals surface area contributed by atoms with Crippen molar-refractivity contribution in [3.63, 3.8) is 0 Å². The SMILES string of the molecule is COc1ccc(C(=O)NC2CCN(C(=O)OC(C)(C)C)CC2)cc1S(=O)(=O)N(C)C. The number of hydrogen-bond acceptors (Lipinski definition) is 6. The number of nitrogens with one attached hydrogen (secondary N) is 1. The Hall–Kier alpha value is -2.33. The fourth-order valence-corrected chi connectivity index (χ4v) is 4.09. The molecule has 9 nitrogen and oxygen atoms in total. The molecule has 1 aliphatic rings. The standard InChI is InChI=1S/C20H31N3O6S/c1-20(2,3)29-19(25)23-11-9-15(10-12-23)21-18(24)14-7-8-16(28-6)17(13-14)30(26,27)22(4)5/h7-8,13,15H,9-12H2,1-6H3,(H,21,24). The van der Waals surface area contributed by atoms with Crippen LogP contribution < -0.4 is 10.1 Å². The Morgan fingerprint density at radius 2 is 1.77 bits per heavy atom. The van der Waals surface area contributed by atoms with E-state index >= 15 is 0 Å². The number of hydrogen-bond donors (Lipinski definition) is 1. The number of nitrogens with zero attached hydrogens (tertiary/aromatic N) is 2. The topological polar surface area (TPSA) is 105 Å². The number of ether oxygens (including phenoxy) is 2. The maximum atomic E-state index is 12.7. The van der Waals surface area contributed by atoms with Crippen LogP contribution in [0.5, 0.6) is 5.75 Å². The summed E-state index contributed by atoms with van der Waals surface area (Å²) in [6.07, 6.45) is 0.814. The van der Waals surface area contributed by atoms with Gasteiger partial charge in [-0.25, -0.2) is 17.5 Å². The van der Waals surface area contributed by atoms with Crippen molar-refractivity contribution in [2.75, 3.05) is 34.3 Å². The summed E-state index contributed by atoms with van der Waals surface area (Å²) < 4.78 is 36.7. The van der Waals surface area contributed by atoms with Crippen LogP contribution in [0.1, 0.15) is 44.0 Å². The first kappa shape index (κ1) is 23.9. The Kier molecular flexibility index (Phi) is 7.36. The zero-order valence-corrected chi connectivity index (χ0v) is 19.2. The molecule has 1 N–H and O–H groups in total. The molecule has 2 amide bonds. The summed E-state index contributed by atoms with van der Waals surface area (Å²) in [7, 11) is 0.440. The van der Waals surface area contributed by atoms with E-state index in [0.717, 1.165) is 4.31 Å². The number of piperidine rings is 1. The molecule has 0 saturated carbocycles. The highest BCUT2D eigenvalue weighted by atomic mass is 32.2. The highest BCUT2D eigenvalue weighted by Crippen LogP contribution is 2.27. The van der Waals surface area contributed by atoms with Gasteiger partial charge in [-0.1, -0.05) is 0 Å². The Morgan fingerprint density at radius 3 is 2.27 bits per heavy atom. The van der Waals surface area contributed by atoms with Crippen molar-refractivity contribution in [2.24, 2.45) is 0 Å². The molecule has 1 heterocycles. The number of methoxy groups -OCH3 is 1. The second-order valence-corrected chi connectivity index (χ2v) is 10.5. The van der Waals surface area contributed by atoms with Crippen molar-refractivity contribution in [3.05, 3.63) is 23.8 Å². The van der Waals surface area contributed by atoms with E-state index in [4.69, 9.17) is 9.47 Å². The van der Waals surface area contributed by atoms with E-state index in [9.17, 15) is 18.0 Å². The Balaban J connectivity index is 2.05. The predicted octanol–water partition coefficient (Wildman–Crippen LogP) is 2.07. The fourth-order valence-electron chi connectivity index (χ4n) is 3.02. The molecule has 10 heteroatoms. The number of carbonyl (C=O) groups is 2. The molecular weight excluding hydrogens is 410 g/mol. The summed E-state index contributed by atoms with van der Waals surface area (Å²) in [5.74, 6) is -0.200. The summed E-state index contributed by atoms with van der Waals surface area (Å²) in [5.41, 5.74) is -0.327. The molecule has 0 spiro atoms. The molecule has 168 valence electrons. The number of amides is 2.